The van der Waals surface area contributed by atoms with Gasteiger partial charge in [-0.05, 0) is 124 Å². The maximum absolute atomic E-state index is 14.2. The number of hydrogen-bond donors (Lipinski definition) is 13. The molecule has 0 aromatic heterocycles. The van der Waals surface area contributed by atoms with Crippen LogP contribution in [0.25, 0.3) is 0 Å². The average molecular weight is 1200 g/mol. The highest BCUT2D eigenvalue weighted by Crippen LogP contribution is 2.14. The number of unbranched alkanes of at least 4 members (excludes halogenated alkanes) is 2. The van der Waals surface area contributed by atoms with Crippen LogP contribution < -0.4 is 71.2 Å². The van der Waals surface area contributed by atoms with Crippen LogP contribution in [0.5, 0.6) is 0 Å². The van der Waals surface area contributed by atoms with Gasteiger partial charge in [0.15, 0.2) is 0 Å². The summed E-state index contributed by atoms with van der Waals surface area (Å²) in [6.07, 6.45) is 3.51. The average Bonchev–Trinajstić information content (AvgIpc) is 3.70. The van der Waals surface area contributed by atoms with E-state index in [1.807, 2.05) is 149 Å². The predicted octanol–water partition coefficient (Wildman–Crippen LogP) is 1.74. The topological polar surface area (TPSA) is 380 Å². The van der Waals surface area contributed by atoms with Crippen molar-refractivity contribution in [3.05, 3.63) is 144 Å². The van der Waals surface area contributed by atoms with Crippen LogP contribution in [0.3, 0.4) is 0 Å². The van der Waals surface area contributed by atoms with Crippen LogP contribution in [-0.2, 0) is 68.8 Å². The second kappa shape index (κ2) is 38.9. The lowest BCUT2D eigenvalue weighted by Crippen LogP contribution is -2.59. The molecule has 4 rings (SSSR count). The minimum absolute atomic E-state index is 0.0679. The first-order chi connectivity index (χ1) is 41.7. The Kier molecular flexibility index (Phi) is 31.9. The van der Waals surface area contributed by atoms with Gasteiger partial charge in [0.05, 0.1) is 12.1 Å². The third-order valence-corrected chi connectivity index (χ3v) is 14.6. The Morgan fingerprint density at radius 3 is 1.02 bits per heavy atom. The number of nitrogens with one attached hydrogen (secondary N) is 8. The molecule has 9 atom stereocenters. The molecule has 0 bridgehead atoms. The summed E-state index contributed by atoms with van der Waals surface area (Å²) in [6.45, 7) is 8.18. The molecular weight excluding hydrogens is 1110 g/mol. The highest BCUT2D eigenvalue weighted by atomic mass is 16.2. The molecule has 0 heterocycles. The van der Waals surface area contributed by atoms with Gasteiger partial charge in [0, 0.05) is 19.4 Å². The van der Waals surface area contributed by atoms with Crippen molar-refractivity contribution in [2.75, 3.05) is 19.6 Å². The summed E-state index contributed by atoms with van der Waals surface area (Å²) < 4.78 is 0. The lowest BCUT2D eigenvalue weighted by atomic mass is 9.99. The second-order valence-electron chi connectivity index (χ2n) is 23.1. The minimum atomic E-state index is -1.19. The summed E-state index contributed by atoms with van der Waals surface area (Å²) in [6, 6.07) is 27.0. The quantitative estimate of drug-likeness (QED) is 0.0283. The van der Waals surface area contributed by atoms with Gasteiger partial charge in [-0.15, -0.1) is 0 Å². The molecule has 9 amide bonds. The molecule has 0 radical (unpaired) electrons. The Hall–Kier alpha value is -8.05. The van der Waals surface area contributed by atoms with Crippen molar-refractivity contribution in [3.8, 4) is 0 Å². The van der Waals surface area contributed by atoms with Crippen molar-refractivity contribution < 1.29 is 43.2 Å². The Labute approximate surface area is 512 Å². The van der Waals surface area contributed by atoms with Crippen molar-refractivity contribution in [2.45, 2.75) is 172 Å². The van der Waals surface area contributed by atoms with Gasteiger partial charge < -0.3 is 71.2 Å². The molecule has 22 heteroatoms. The molecule has 0 aliphatic rings. The number of carbonyl (C=O) groups excluding carboxylic acids is 9. The summed E-state index contributed by atoms with van der Waals surface area (Å²) in [7, 11) is 0. The third-order valence-electron chi connectivity index (χ3n) is 14.6. The molecule has 22 nitrogen and oxygen atoms in total. The standard InChI is InChI=1S/C65H95N13O9/c1-42(2)36-53(77-64(86)55(40-46-26-13-7-14-27-46)75-58(80)48(68)38-44-22-9-5-10-23-44)62(84)73-51(31-17-19-33-66)60(82)71-35-20-18-30-50(57(70)79)72-61(83)52(32-21-34-67)74-63(85)54(37-43(3)4)78-65(87)56(41-47-28-15-8-16-29-47)76-59(81)49(69)39-45-24-11-6-12-25-45/h5-16,22-29,42-43,48-56H,17-21,30-41,66-69H2,1-4H3,(H2,70,79)(H,71,82)(H,72,83)(H,73,84)(H,74,85)(H,75,80)(H,76,81)(H,77,86)(H,78,87)/t48-,49-,50+,51-,52-,53-,54-,55-,56-/m1/s1. The van der Waals surface area contributed by atoms with Crippen LogP contribution in [0.2, 0.25) is 0 Å². The van der Waals surface area contributed by atoms with E-state index in [2.05, 4.69) is 42.5 Å². The number of nitrogens with two attached hydrogens (primary N) is 5. The van der Waals surface area contributed by atoms with Crippen LogP contribution in [0, 0.1) is 11.8 Å². The largest absolute Gasteiger partial charge is 0.368 e. The number of hydrogen-bond acceptors (Lipinski definition) is 13. The van der Waals surface area contributed by atoms with Gasteiger partial charge >= 0.3 is 0 Å². The highest BCUT2D eigenvalue weighted by Gasteiger charge is 2.34. The van der Waals surface area contributed by atoms with E-state index in [9.17, 15) is 43.2 Å². The van der Waals surface area contributed by atoms with Crippen LogP contribution in [0.1, 0.15) is 114 Å². The van der Waals surface area contributed by atoms with E-state index in [4.69, 9.17) is 28.7 Å². The van der Waals surface area contributed by atoms with Crippen LogP contribution in [0.15, 0.2) is 121 Å². The van der Waals surface area contributed by atoms with E-state index < -0.39 is 108 Å². The lowest BCUT2D eigenvalue weighted by Gasteiger charge is -2.27. The van der Waals surface area contributed by atoms with E-state index in [-0.39, 0.29) is 82.7 Å². The SMILES string of the molecule is CC(C)C[C@@H](NC(=O)[C@@H](Cc1ccccc1)NC(=O)[C@H](N)Cc1ccccc1)C(=O)N[C@H](CCCCN)C(=O)NCCCC[C@H](NC(=O)[C@@H](CCCN)NC(=O)[C@@H](CC(C)C)NC(=O)[C@@H](Cc1ccccc1)NC(=O)[C@H](N)Cc1ccccc1)C(N)=O. The summed E-state index contributed by atoms with van der Waals surface area (Å²) in [5.74, 6) is -5.77. The van der Waals surface area contributed by atoms with Crippen molar-refractivity contribution in [1.82, 2.24) is 42.5 Å². The molecule has 4 aromatic carbocycles. The van der Waals surface area contributed by atoms with Crippen LogP contribution in [-0.4, -0.2) is 127 Å². The summed E-state index contributed by atoms with van der Waals surface area (Å²) >= 11 is 0. The molecule has 0 aliphatic heterocycles. The monoisotopic (exact) mass is 1200 g/mol. The fraction of sp³-hybridized carbons (Fsp3) is 0.492. The van der Waals surface area contributed by atoms with Gasteiger partial charge in [-0.1, -0.05) is 149 Å². The summed E-state index contributed by atoms with van der Waals surface area (Å²) in [4.78, 5) is 124. The maximum Gasteiger partial charge on any atom is 0.243 e. The number of primary amides is 1. The molecule has 0 saturated heterocycles. The van der Waals surface area contributed by atoms with Gasteiger partial charge in [0.1, 0.15) is 42.3 Å². The summed E-state index contributed by atoms with van der Waals surface area (Å²) in [5.41, 5.74) is 33.3. The van der Waals surface area contributed by atoms with Crippen molar-refractivity contribution in [3.63, 3.8) is 0 Å². The van der Waals surface area contributed by atoms with Gasteiger partial charge in [0.2, 0.25) is 53.2 Å². The first kappa shape index (κ1) is 71.4. The zero-order valence-electron chi connectivity index (χ0n) is 51.0. The smallest absolute Gasteiger partial charge is 0.243 e. The zero-order chi connectivity index (χ0) is 63.7. The normalized spacial score (nSPS) is 14.3. The fourth-order valence-corrected chi connectivity index (χ4v) is 9.81. The maximum atomic E-state index is 14.2. The Morgan fingerprint density at radius 2 is 0.644 bits per heavy atom. The van der Waals surface area contributed by atoms with E-state index in [1.165, 1.54) is 0 Å². The molecule has 474 valence electrons. The number of carbonyl (C=O) groups is 9. The number of amides is 9. The Bertz CT molecular complexity index is 2760. The zero-order valence-corrected chi connectivity index (χ0v) is 51.0. The van der Waals surface area contributed by atoms with E-state index in [0.29, 0.717) is 38.6 Å². The molecule has 87 heavy (non-hydrogen) atoms. The van der Waals surface area contributed by atoms with E-state index in [0.717, 1.165) is 22.3 Å². The van der Waals surface area contributed by atoms with Gasteiger partial charge in [0.25, 0.3) is 0 Å². The van der Waals surface area contributed by atoms with Crippen molar-refractivity contribution in [1.29, 1.82) is 0 Å². The lowest BCUT2D eigenvalue weighted by molar-refractivity contribution is -0.134. The minimum Gasteiger partial charge on any atom is -0.368 e. The van der Waals surface area contributed by atoms with Gasteiger partial charge in [-0.2, -0.15) is 0 Å². The van der Waals surface area contributed by atoms with Crippen LogP contribution >= 0.6 is 0 Å². The molecule has 4 aromatic rings. The Morgan fingerprint density at radius 1 is 0.345 bits per heavy atom. The second-order valence-corrected chi connectivity index (χ2v) is 23.1. The van der Waals surface area contributed by atoms with Crippen molar-refractivity contribution in [2.24, 2.45) is 40.5 Å². The number of rotatable bonds is 40. The van der Waals surface area contributed by atoms with Gasteiger partial charge in [-0.3, -0.25) is 43.2 Å². The predicted molar refractivity (Wildman–Crippen MR) is 336 cm³/mol. The van der Waals surface area contributed by atoms with Crippen LogP contribution in [0.4, 0.5) is 0 Å². The first-order valence-electron chi connectivity index (χ1n) is 30.4. The fourth-order valence-electron chi connectivity index (χ4n) is 9.81. The molecule has 0 aliphatic carbocycles. The first-order valence-corrected chi connectivity index (χ1v) is 30.4. The molecular formula is C65H95N13O9. The summed E-state index contributed by atoms with van der Waals surface area (Å²) in [5, 5.41) is 22.4. The molecule has 18 N–H and O–H groups in total. The number of benzene rings is 4. The molecule has 0 unspecified atom stereocenters. The van der Waals surface area contributed by atoms with Crippen molar-refractivity contribution >= 4 is 53.2 Å². The van der Waals surface area contributed by atoms with E-state index >= 15 is 0 Å². The third kappa shape index (κ3) is 27.0. The Balaban J connectivity index is 1.38. The molecule has 0 saturated carbocycles. The molecule has 0 fully saturated rings. The highest BCUT2D eigenvalue weighted by molar-refractivity contribution is 5.97. The molecule has 0 spiro atoms. The van der Waals surface area contributed by atoms with E-state index in [1.54, 1.807) is 0 Å². The van der Waals surface area contributed by atoms with Gasteiger partial charge in [-0.25, -0.2) is 0 Å².